The quantitative estimate of drug-likeness (QED) is 0.793. The van der Waals surface area contributed by atoms with Crippen molar-refractivity contribution >= 4 is 11.6 Å². The van der Waals surface area contributed by atoms with Gasteiger partial charge in [-0.2, -0.15) is 8.78 Å². The van der Waals surface area contributed by atoms with E-state index in [1.807, 2.05) is 0 Å². The third kappa shape index (κ3) is 2.59. The number of hydrogen-bond acceptors (Lipinski definition) is 3. The maximum absolute atomic E-state index is 13.3. The maximum Gasteiger partial charge on any atom is 0.291 e. The molecule has 0 radical (unpaired) electrons. The highest BCUT2D eigenvalue weighted by molar-refractivity contribution is 6.28. The van der Waals surface area contributed by atoms with E-state index in [1.54, 1.807) is 6.92 Å². The molecule has 0 aromatic carbocycles. The van der Waals surface area contributed by atoms with Crippen molar-refractivity contribution in [3.8, 4) is 0 Å². The van der Waals surface area contributed by atoms with Crippen LogP contribution in [0.2, 0.25) is 5.28 Å². The van der Waals surface area contributed by atoms with Crippen LogP contribution in [0.5, 0.6) is 0 Å². The summed E-state index contributed by atoms with van der Waals surface area (Å²) in [5, 5.41) is -0.170. The molecule has 0 aliphatic heterocycles. The lowest BCUT2D eigenvalue weighted by atomic mass is 10.1. The van der Waals surface area contributed by atoms with Crippen molar-refractivity contribution in [1.82, 2.24) is 9.97 Å². The molecule has 0 amide bonds. The van der Waals surface area contributed by atoms with Gasteiger partial charge in [0.2, 0.25) is 5.28 Å². The van der Waals surface area contributed by atoms with Crippen molar-refractivity contribution in [1.29, 1.82) is 0 Å². The summed E-state index contributed by atoms with van der Waals surface area (Å²) < 4.78 is 26.6. The number of hydrogen-bond donors (Lipinski definition) is 1. The van der Waals surface area contributed by atoms with E-state index >= 15 is 0 Å². The molecule has 2 N–H and O–H groups in total. The second-order valence-electron chi connectivity index (χ2n) is 2.91. The van der Waals surface area contributed by atoms with Crippen molar-refractivity contribution in [2.75, 3.05) is 6.54 Å². The molecule has 0 spiro atoms. The molecular weight excluding hydrogens is 212 g/mol. The van der Waals surface area contributed by atoms with Crippen molar-refractivity contribution in [3.63, 3.8) is 0 Å². The molecule has 6 heteroatoms. The highest BCUT2D eigenvalue weighted by atomic mass is 35.5. The molecule has 0 bridgehead atoms. The smallest absolute Gasteiger partial charge is 0.291 e. The SMILES string of the molecule is Cc1cc(C(F)(F)CCN)nc(Cl)n1. The molecule has 1 rings (SSSR count). The number of halogens is 3. The Hall–Kier alpha value is -0.810. The number of aromatic nitrogens is 2. The fourth-order valence-corrected chi connectivity index (χ4v) is 1.25. The van der Waals surface area contributed by atoms with Gasteiger partial charge in [-0.1, -0.05) is 0 Å². The zero-order valence-corrected chi connectivity index (χ0v) is 8.35. The number of aryl methyl sites for hydroxylation is 1. The predicted molar refractivity (Wildman–Crippen MR) is 49.3 cm³/mol. The Labute approximate surface area is 85.3 Å². The van der Waals surface area contributed by atoms with Crippen molar-refractivity contribution in [2.45, 2.75) is 19.3 Å². The minimum absolute atomic E-state index is 0.104. The first-order valence-electron chi connectivity index (χ1n) is 4.05. The average molecular weight is 222 g/mol. The highest BCUT2D eigenvalue weighted by Crippen LogP contribution is 2.30. The first-order chi connectivity index (χ1) is 6.45. The molecule has 0 atom stereocenters. The Morgan fingerprint density at radius 1 is 1.50 bits per heavy atom. The normalized spacial score (nSPS) is 11.8. The Balaban J connectivity index is 3.05. The van der Waals surface area contributed by atoms with Crippen LogP contribution in [0.4, 0.5) is 8.78 Å². The minimum Gasteiger partial charge on any atom is -0.330 e. The van der Waals surface area contributed by atoms with Gasteiger partial charge < -0.3 is 5.73 Å². The molecule has 0 saturated heterocycles. The number of rotatable bonds is 3. The van der Waals surface area contributed by atoms with Crippen LogP contribution >= 0.6 is 11.6 Å². The van der Waals surface area contributed by atoms with Crippen molar-refractivity contribution in [3.05, 3.63) is 22.7 Å². The van der Waals surface area contributed by atoms with Crippen LogP contribution in [0.25, 0.3) is 0 Å². The van der Waals surface area contributed by atoms with Crippen LogP contribution in [0.3, 0.4) is 0 Å². The third-order valence-electron chi connectivity index (χ3n) is 1.66. The van der Waals surface area contributed by atoms with E-state index < -0.39 is 12.3 Å². The second-order valence-corrected chi connectivity index (χ2v) is 3.24. The molecule has 0 aliphatic carbocycles. The van der Waals surface area contributed by atoms with E-state index in [4.69, 9.17) is 17.3 Å². The van der Waals surface area contributed by atoms with Gasteiger partial charge in [-0.05, 0) is 31.1 Å². The molecule has 0 fully saturated rings. The number of nitrogens with zero attached hydrogens (tertiary/aromatic N) is 2. The van der Waals surface area contributed by atoms with Crippen molar-refractivity contribution < 1.29 is 8.78 Å². The highest BCUT2D eigenvalue weighted by Gasteiger charge is 2.32. The summed E-state index contributed by atoms with van der Waals surface area (Å²) in [6.07, 6.45) is -0.445. The standard InChI is InChI=1S/C8H10ClF2N3/c1-5-4-6(14-7(9)13-5)8(10,11)2-3-12/h4H,2-3,12H2,1H3. The molecule has 14 heavy (non-hydrogen) atoms. The summed E-state index contributed by atoms with van der Waals surface area (Å²) in [4.78, 5) is 7.17. The van der Waals surface area contributed by atoms with E-state index in [0.717, 1.165) is 0 Å². The summed E-state index contributed by atoms with van der Waals surface area (Å²) in [5.74, 6) is -3.04. The van der Waals surface area contributed by atoms with E-state index in [-0.39, 0.29) is 17.5 Å². The molecule has 1 heterocycles. The Morgan fingerprint density at radius 2 is 2.14 bits per heavy atom. The zero-order chi connectivity index (χ0) is 10.8. The lowest BCUT2D eigenvalue weighted by Gasteiger charge is -2.14. The molecular formula is C8H10ClF2N3. The average Bonchev–Trinajstić information content (AvgIpc) is 2.02. The lowest BCUT2D eigenvalue weighted by Crippen LogP contribution is -2.20. The van der Waals surface area contributed by atoms with Gasteiger partial charge in [0.1, 0.15) is 5.69 Å². The van der Waals surface area contributed by atoms with Gasteiger partial charge in [0, 0.05) is 12.1 Å². The van der Waals surface area contributed by atoms with E-state index in [0.29, 0.717) is 5.69 Å². The first-order valence-corrected chi connectivity index (χ1v) is 4.43. The molecule has 1 aromatic heterocycles. The van der Waals surface area contributed by atoms with E-state index in [2.05, 4.69) is 9.97 Å². The number of alkyl halides is 2. The van der Waals surface area contributed by atoms with E-state index in [1.165, 1.54) is 6.07 Å². The summed E-state index contributed by atoms with van der Waals surface area (Å²) in [6.45, 7) is 1.48. The molecule has 0 saturated carbocycles. The molecule has 78 valence electrons. The van der Waals surface area contributed by atoms with Crippen LogP contribution in [0.1, 0.15) is 17.8 Å². The Bertz CT molecular complexity index is 310. The van der Waals surface area contributed by atoms with Gasteiger partial charge in [-0.25, -0.2) is 9.97 Å². The summed E-state index contributed by atoms with van der Waals surface area (Å²) >= 11 is 5.47. The van der Waals surface area contributed by atoms with Crippen LogP contribution in [-0.4, -0.2) is 16.5 Å². The van der Waals surface area contributed by atoms with Crippen LogP contribution in [-0.2, 0) is 5.92 Å². The van der Waals surface area contributed by atoms with Crippen LogP contribution in [0, 0.1) is 6.92 Å². The fourth-order valence-electron chi connectivity index (χ4n) is 1.03. The molecule has 0 unspecified atom stereocenters. The monoisotopic (exact) mass is 221 g/mol. The fraction of sp³-hybridized carbons (Fsp3) is 0.500. The predicted octanol–water partition coefficient (Wildman–Crippen LogP) is 1.88. The molecule has 0 aliphatic rings. The summed E-state index contributed by atoms with van der Waals surface area (Å²) in [7, 11) is 0. The summed E-state index contributed by atoms with van der Waals surface area (Å²) in [6, 6.07) is 1.21. The van der Waals surface area contributed by atoms with Gasteiger partial charge >= 0.3 is 0 Å². The van der Waals surface area contributed by atoms with Gasteiger partial charge in [0.15, 0.2) is 0 Å². The second kappa shape index (κ2) is 4.14. The Kier molecular flexibility index (Phi) is 3.34. The van der Waals surface area contributed by atoms with Crippen LogP contribution < -0.4 is 5.73 Å². The van der Waals surface area contributed by atoms with Gasteiger partial charge in [-0.15, -0.1) is 0 Å². The Morgan fingerprint density at radius 3 is 2.64 bits per heavy atom. The maximum atomic E-state index is 13.3. The zero-order valence-electron chi connectivity index (χ0n) is 7.60. The third-order valence-corrected chi connectivity index (χ3v) is 1.83. The largest absolute Gasteiger partial charge is 0.330 e. The summed E-state index contributed by atoms with van der Waals surface area (Å²) in [5.41, 5.74) is 5.11. The van der Waals surface area contributed by atoms with Gasteiger partial charge in [0.05, 0.1) is 0 Å². The molecule has 1 aromatic rings. The van der Waals surface area contributed by atoms with Gasteiger partial charge in [0.25, 0.3) is 5.92 Å². The topological polar surface area (TPSA) is 51.8 Å². The first kappa shape index (κ1) is 11.3. The van der Waals surface area contributed by atoms with Crippen molar-refractivity contribution in [2.24, 2.45) is 5.73 Å². The minimum atomic E-state index is -3.04. The number of nitrogens with two attached hydrogens (primary N) is 1. The van der Waals surface area contributed by atoms with Crippen LogP contribution in [0.15, 0.2) is 6.07 Å². The van der Waals surface area contributed by atoms with E-state index in [9.17, 15) is 8.78 Å². The lowest BCUT2D eigenvalue weighted by molar-refractivity contribution is -0.0153. The van der Waals surface area contributed by atoms with Gasteiger partial charge in [-0.3, -0.25) is 0 Å². The molecule has 3 nitrogen and oxygen atoms in total.